The number of rotatable bonds is 8. The van der Waals surface area contributed by atoms with Crippen LogP contribution in [0.25, 0.3) is 0 Å². The number of hydrogen-bond donors (Lipinski definition) is 2. The van der Waals surface area contributed by atoms with Crippen molar-refractivity contribution in [2.24, 2.45) is 5.73 Å². The summed E-state index contributed by atoms with van der Waals surface area (Å²) in [5, 5.41) is 3.47. The standard InChI is InChI=1S/C11H24N2/c1-4-7-8-11(6-3,10-12)13-9-5-2/h5,13H,2,4,6-10,12H2,1,3H3. The maximum atomic E-state index is 5.80. The molecule has 2 heteroatoms. The van der Waals surface area contributed by atoms with Gasteiger partial charge in [0.1, 0.15) is 0 Å². The van der Waals surface area contributed by atoms with Crippen LogP contribution in [-0.2, 0) is 0 Å². The van der Waals surface area contributed by atoms with Gasteiger partial charge in [-0.05, 0) is 12.8 Å². The molecule has 0 saturated heterocycles. The molecule has 3 N–H and O–H groups in total. The topological polar surface area (TPSA) is 38.0 Å². The third kappa shape index (κ3) is 4.44. The van der Waals surface area contributed by atoms with E-state index in [1.807, 2.05) is 6.08 Å². The largest absolute Gasteiger partial charge is 0.329 e. The first kappa shape index (κ1) is 12.7. The number of hydrogen-bond acceptors (Lipinski definition) is 2. The van der Waals surface area contributed by atoms with Gasteiger partial charge in [-0.1, -0.05) is 32.8 Å². The molecule has 0 heterocycles. The fourth-order valence-electron chi connectivity index (χ4n) is 1.51. The monoisotopic (exact) mass is 184 g/mol. The van der Waals surface area contributed by atoms with Crippen molar-refractivity contribution in [2.75, 3.05) is 13.1 Å². The lowest BCUT2D eigenvalue weighted by atomic mass is 9.90. The molecular formula is C11H24N2. The van der Waals surface area contributed by atoms with Gasteiger partial charge in [0, 0.05) is 18.6 Å². The molecule has 0 fully saturated rings. The molecule has 0 aromatic heterocycles. The lowest BCUT2D eigenvalue weighted by Crippen LogP contribution is -2.50. The Morgan fingerprint density at radius 3 is 2.54 bits per heavy atom. The molecule has 0 aromatic rings. The maximum absolute atomic E-state index is 5.80. The highest BCUT2D eigenvalue weighted by molar-refractivity contribution is 4.90. The molecule has 0 aliphatic heterocycles. The molecule has 0 aliphatic carbocycles. The Bertz CT molecular complexity index is 128. The van der Waals surface area contributed by atoms with Gasteiger partial charge in [0.05, 0.1) is 0 Å². The van der Waals surface area contributed by atoms with E-state index in [1.54, 1.807) is 0 Å². The summed E-state index contributed by atoms with van der Waals surface area (Å²) in [5.74, 6) is 0. The molecule has 0 aliphatic rings. The zero-order valence-corrected chi connectivity index (χ0v) is 9.10. The van der Waals surface area contributed by atoms with E-state index < -0.39 is 0 Å². The first-order chi connectivity index (χ1) is 6.24. The molecule has 2 nitrogen and oxygen atoms in total. The molecule has 0 aromatic carbocycles. The summed E-state index contributed by atoms with van der Waals surface area (Å²) < 4.78 is 0. The fourth-order valence-corrected chi connectivity index (χ4v) is 1.51. The van der Waals surface area contributed by atoms with E-state index in [0.717, 1.165) is 19.5 Å². The summed E-state index contributed by atoms with van der Waals surface area (Å²) in [6, 6.07) is 0. The molecule has 1 unspecified atom stereocenters. The molecule has 0 rings (SSSR count). The Labute approximate surface area is 82.6 Å². The number of nitrogens with two attached hydrogens (primary N) is 1. The van der Waals surface area contributed by atoms with Crippen molar-refractivity contribution in [3.63, 3.8) is 0 Å². The molecule has 0 saturated carbocycles. The molecular weight excluding hydrogens is 160 g/mol. The van der Waals surface area contributed by atoms with Crippen LogP contribution in [0.4, 0.5) is 0 Å². The van der Waals surface area contributed by atoms with Gasteiger partial charge >= 0.3 is 0 Å². The van der Waals surface area contributed by atoms with E-state index >= 15 is 0 Å². The third-order valence-corrected chi connectivity index (χ3v) is 2.70. The van der Waals surface area contributed by atoms with Crippen LogP contribution in [0.3, 0.4) is 0 Å². The summed E-state index contributed by atoms with van der Waals surface area (Å²) in [7, 11) is 0. The SMILES string of the molecule is C=CCNC(CC)(CN)CCCC. The minimum atomic E-state index is 0.143. The lowest BCUT2D eigenvalue weighted by molar-refractivity contribution is 0.302. The van der Waals surface area contributed by atoms with Gasteiger partial charge in [-0.3, -0.25) is 0 Å². The number of unbranched alkanes of at least 4 members (excludes halogenated alkanes) is 1. The van der Waals surface area contributed by atoms with Crippen LogP contribution in [0.5, 0.6) is 0 Å². The highest BCUT2D eigenvalue weighted by Gasteiger charge is 2.23. The quantitative estimate of drug-likeness (QED) is 0.567. The van der Waals surface area contributed by atoms with E-state index in [0.29, 0.717) is 0 Å². The van der Waals surface area contributed by atoms with Crippen LogP contribution in [0.15, 0.2) is 12.7 Å². The van der Waals surface area contributed by atoms with Crippen molar-refractivity contribution in [1.82, 2.24) is 5.32 Å². The third-order valence-electron chi connectivity index (χ3n) is 2.70. The van der Waals surface area contributed by atoms with Gasteiger partial charge < -0.3 is 11.1 Å². The average Bonchev–Trinajstić information content (AvgIpc) is 2.20. The van der Waals surface area contributed by atoms with Crippen molar-refractivity contribution in [3.05, 3.63) is 12.7 Å². The van der Waals surface area contributed by atoms with Gasteiger partial charge in [0.15, 0.2) is 0 Å². The lowest BCUT2D eigenvalue weighted by Gasteiger charge is -2.32. The van der Waals surface area contributed by atoms with E-state index in [-0.39, 0.29) is 5.54 Å². The smallest absolute Gasteiger partial charge is 0.0304 e. The van der Waals surface area contributed by atoms with Crippen LogP contribution >= 0.6 is 0 Å². The van der Waals surface area contributed by atoms with Gasteiger partial charge in [-0.2, -0.15) is 0 Å². The summed E-state index contributed by atoms with van der Waals surface area (Å²) in [6.45, 7) is 9.69. The fraction of sp³-hybridized carbons (Fsp3) is 0.818. The predicted molar refractivity (Wildman–Crippen MR) is 59.8 cm³/mol. The first-order valence-electron chi connectivity index (χ1n) is 5.30. The van der Waals surface area contributed by atoms with E-state index in [4.69, 9.17) is 5.73 Å². The molecule has 1 atom stereocenters. The summed E-state index contributed by atoms with van der Waals surface area (Å²) >= 11 is 0. The van der Waals surface area contributed by atoms with Crippen LogP contribution in [0, 0.1) is 0 Å². The van der Waals surface area contributed by atoms with Crippen LogP contribution in [0.1, 0.15) is 39.5 Å². The summed E-state index contributed by atoms with van der Waals surface area (Å²) in [5.41, 5.74) is 5.95. The zero-order valence-electron chi connectivity index (χ0n) is 9.10. The second kappa shape index (κ2) is 7.10. The van der Waals surface area contributed by atoms with Crippen molar-refractivity contribution < 1.29 is 0 Å². The second-order valence-corrected chi connectivity index (χ2v) is 3.61. The van der Waals surface area contributed by atoms with Crippen molar-refractivity contribution in [2.45, 2.75) is 45.1 Å². The first-order valence-corrected chi connectivity index (χ1v) is 5.30. The van der Waals surface area contributed by atoms with Crippen molar-refractivity contribution in [3.8, 4) is 0 Å². The van der Waals surface area contributed by atoms with Gasteiger partial charge in [0.25, 0.3) is 0 Å². The normalized spacial score (nSPS) is 15.3. The van der Waals surface area contributed by atoms with Gasteiger partial charge in [-0.15, -0.1) is 6.58 Å². The maximum Gasteiger partial charge on any atom is 0.0304 e. The van der Waals surface area contributed by atoms with Crippen molar-refractivity contribution in [1.29, 1.82) is 0 Å². The Morgan fingerprint density at radius 1 is 1.46 bits per heavy atom. The summed E-state index contributed by atoms with van der Waals surface area (Å²) in [4.78, 5) is 0. The molecule has 0 bridgehead atoms. The molecule has 13 heavy (non-hydrogen) atoms. The Hall–Kier alpha value is -0.340. The minimum absolute atomic E-state index is 0.143. The van der Waals surface area contributed by atoms with E-state index in [1.165, 1.54) is 19.3 Å². The zero-order chi connectivity index (χ0) is 10.2. The second-order valence-electron chi connectivity index (χ2n) is 3.61. The van der Waals surface area contributed by atoms with Crippen molar-refractivity contribution >= 4 is 0 Å². The molecule has 0 amide bonds. The van der Waals surface area contributed by atoms with E-state index in [2.05, 4.69) is 25.7 Å². The van der Waals surface area contributed by atoms with Crippen LogP contribution in [0.2, 0.25) is 0 Å². The highest BCUT2D eigenvalue weighted by atomic mass is 15.0. The Balaban J connectivity index is 4.04. The van der Waals surface area contributed by atoms with Gasteiger partial charge in [0.2, 0.25) is 0 Å². The minimum Gasteiger partial charge on any atom is -0.329 e. The number of nitrogens with one attached hydrogen (secondary N) is 1. The predicted octanol–water partition coefficient (Wildman–Crippen LogP) is 2.06. The van der Waals surface area contributed by atoms with Crippen LogP contribution in [-0.4, -0.2) is 18.6 Å². The average molecular weight is 184 g/mol. The Morgan fingerprint density at radius 2 is 2.15 bits per heavy atom. The molecule has 0 spiro atoms. The molecule has 0 radical (unpaired) electrons. The van der Waals surface area contributed by atoms with E-state index in [9.17, 15) is 0 Å². The highest BCUT2D eigenvalue weighted by Crippen LogP contribution is 2.16. The molecule has 78 valence electrons. The Kier molecular flexibility index (Phi) is 6.92. The van der Waals surface area contributed by atoms with Gasteiger partial charge in [-0.25, -0.2) is 0 Å². The summed E-state index contributed by atoms with van der Waals surface area (Å²) in [6.07, 6.45) is 6.64. The van der Waals surface area contributed by atoms with Crippen LogP contribution < -0.4 is 11.1 Å².